The van der Waals surface area contributed by atoms with E-state index in [0.717, 1.165) is 6.16 Å². The minimum Gasteiger partial charge on any atom is -0.0620 e. The van der Waals surface area contributed by atoms with Crippen LogP contribution >= 0.6 is 7.26 Å². The fourth-order valence-electron chi connectivity index (χ4n) is 4.27. The maximum absolute atomic E-state index is 2.33. The van der Waals surface area contributed by atoms with Gasteiger partial charge in [0.2, 0.25) is 0 Å². The van der Waals surface area contributed by atoms with Crippen LogP contribution in [0, 0.1) is 0 Å². The number of benzene rings is 4. The highest BCUT2D eigenvalue weighted by Crippen LogP contribution is 2.58. The van der Waals surface area contributed by atoms with Crippen molar-refractivity contribution < 1.29 is 0 Å². The summed E-state index contributed by atoms with van der Waals surface area (Å²) in [7, 11) is -1.84. The van der Waals surface area contributed by atoms with E-state index < -0.39 is 7.26 Å². The zero-order valence-corrected chi connectivity index (χ0v) is 18.1. The van der Waals surface area contributed by atoms with Crippen LogP contribution in [-0.4, -0.2) is 0 Å². The van der Waals surface area contributed by atoms with Crippen LogP contribution in [0.3, 0.4) is 0 Å². The van der Waals surface area contributed by atoms with Gasteiger partial charge in [0, 0.05) is 0 Å². The van der Waals surface area contributed by atoms with Gasteiger partial charge in [-0.3, -0.25) is 0 Å². The van der Waals surface area contributed by atoms with Gasteiger partial charge < -0.3 is 0 Å². The fraction of sp³-hybridized carbons (Fsp3) is 0.143. The number of rotatable bonds is 6. The molecule has 0 atom stereocenters. The van der Waals surface area contributed by atoms with Gasteiger partial charge in [-0.2, -0.15) is 0 Å². The standard InChI is InChI=1S/C28H28P/c1-23(2)28-21-13-12-14-24(28)22-29(25-15-6-3-7-16-25,26-17-8-4-9-18-26)27-19-10-5-11-20-27/h3-21,23H,22H2,1-2H3/q+1. The van der Waals surface area contributed by atoms with E-state index in [1.807, 2.05) is 0 Å². The molecule has 0 N–H and O–H groups in total. The Morgan fingerprint density at radius 1 is 0.517 bits per heavy atom. The van der Waals surface area contributed by atoms with Crippen molar-refractivity contribution >= 4 is 23.2 Å². The normalized spacial score (nSPS) is 11.6. The topological polar surface area (TPSA) is 0 Å². The summed E-state index contributed by atoms with van der Waals surface area (Å²) in [6.45, 7) is 4.60. The molecule has 0 heterocycles. The molecule has 0 aliphatic carbocycles. The van der Waals surface area contributed by atoms with Crippen LogP contribution in [0.4, 0.5) is 0 Å². The summed E-state index contributed by atoms with van der Waals surface area (Å²) >= 11 is 0. The molecular weight excluding hydrogens is 367 g/mol. The minimum absolute atomic E-state index is 0.510. The SMILES string of the molecule is CC(C)c1ccccc1C[P+](c1ccccc1)(c1ccccc1)c1ccccc1. The van der Waals surface area contributed by atoms with Crippen molar-refractivity contribution in [1.29, 1.82) is 0 Å². The molecule has 4 aromatic carbocycles. The molecule has 0 saturated carbocycles. The first-order valence-electron chi connectivity index (χ1n) is 10.3. The van der Waals surface area contributed by atoms with E-state index in [1.165, 1.54) is 27.0 Å². The van der Waals surface area contributed by atoms with Crippen molar-refractivity contribution in [3.05, 3.63) is 126 Å². The van der Waals surface area contributed by atoms with Gasteiger partial charge in [-0.15, -0.1) is 0 Å². The molecular formula is C28H28P+. The molecule has 0 aliphatic rings. The summed E-state index contributed by atoms with van der Waals surface area (Å²) in [5.74, 6) is 0.510. The largest absolute Gasteiger partial charge is 0.116 e. The lowest BCUT2D eigenvalue weighted by atomic mass is 9.98. The number of hydrogen-bond donors (Lipinski definition) is 0. The molecule has 4 aromatic rings. The third kappa shape index (κ3) is 3.91. The third-order valence-corrected chi connectivity index (χ3v) is 10.0. The fourth-order valence-corrected chi connectivity index (χ4v) is 8.55. The van der Waals surface area contributed by atoms with Gasteiger partial charge in [0.15, 0.2) is 0 Å². The van der Waals surface area contributed by atoms with E-state index in [1.54, 1.807) is 0 Å². The molecule has 4 rings (SSSR count). The second-order valence-electron chi connectivity index (χ2n) is 7.83. The molecule has 0 amide bonds. The first-order valence-corrected chi connectivity index (χ1v) is 12.3. The molecule has 0 spiro atoms. The van der Waals surface area contributed by atoms with Gasteiger partial charge in [0.05, 0.1) is 6.16 Å². The molecule has 0 fully saturated rings. The highest BCUT2D eigenvalue weighted by Gasteiger charge is 2.45. The summed E-state index contributed by atoms with van der Waals surface area (Å²) in [5.41, 5.74) is 2.92. The van der Waals surface area contributed by atoms with Crippen molar-refractivity contribution in [2.24, 2.45) is 0 Å². The lowest BCUT2D eigenvalue weighted by molar-refractivity contribution is 0.854. The van der Waals surface area contributed by atoms with E-state index in [4.69, 9.17) is 0 Å². The van der Waals surface area contributed by atoms with Gasteiger partial charge in [-0.05, 0) is 53.4 Å². The Kier molecular flexibility index (Phi) is 5.93. The molecule has 0 saturated heterocycles. The average Bonchev–Trinajstić information content (AvgIpc) is 2.79. The molecule has 1 heteroatoms. The minimum atomic E-state index is -1.84. The van der Waals surface area contributed by atoms with Crippen LogP contribution in [0.5, 0.6) is 0 Å². The second kappa shape index (κ2) is 8.76. The smallest absolute Gasteiger partial charge is 0.0620 e. The molecule has 29 heavy (non-hydrogen) atoms. The van der Waals surface area contributed by atoms with Crippen molar-refractivity contribution in [3.63, 3.8) is 0 Å². The van der Waals surface area contributed by atoms with E-state index in [-0.39, 0.29) is 0 Å². The Bertz CT molecular complexity index is 941. The zero-order chi connectivity index (χ0) is 20.1. The van der Waals surface area contributed by atoms with Gasteiger partial charge in [0.1, 0.15) is 23.2 Å². The van der Waals surface area contributed by atoms with E-state index in [2.05, 4.69) is 129 Å². The summed E-state index contributed by atoms with van der Waals surface area (Å²) in [4.78, 5) is 0. The lowest BCUT2D eigenvalue weighted by Gasteiger charge is -2.29. The van der Waals surface area contributed by atoms with Crippen molar-refractivity contribution in [1.82, 2.24) is 0 Å². The summed E-state index contributed by atoms with van der Waals surface area (Å²) in [5, 5.41) is 4.32. The Hall–Kier alpha value is -2.69. The van der Waals surface area contributed by atoms with Gasteiger partial charge in [-0.25, -0.2) is 0 Å². The Labute approximate surface area is 175 Å². The van der Waals surface area contributed by atoms with Crippen molar-refractivity contribution in [2.45, 2.75) is 25.9 Å². The van der Waals surface area contributed by atoms with E-state index in [9.17, 15) is 0 Å². The molecule has 0 nitrogen and oxygen atoms in total. The Morgan fingerprint density at radius 3 is 1.31 bits per heavy atom. The first-order chi connectivity index (χ1) is 14.2. The van der Waals surface area contributed by atoms with Gasteiger partial charge in [-0.1, -0.05) is 92.7 Å². The molecule has 0 bridgehead atoms. The maximum atomic E-state index is 2.33. The molecule has 144 valence electrons. The van der Waals surface area contributed by atoms with Crippen LogP contribution in [-0.2, 0) is 6.16 Å². The van der Waals surface area contributed by atoms with Crippen LogP contribution in [0.15, 0.2) is 115 Å². The summed E-state index contributed by atoms with van der Waals surface area (Å²) in [6.07, 6.45) is 1.04. The Balaban J connectivity index is 2.01. The van der Waals surface area contributed by atoms with Crippen LogP contribution in [0.2, 0.25) is 0 Å². The maximum Gasteiger partial charge on any atom is 0.116 e. The molecule has 0 aliphatic heterocycles. The molecule has 0 unspecified atom stereocenters. The summed E-state index contributed by atoms with van der Waals surface area (Å²) < 4.78 is 0. The van der Waals surface area contributed by atoms with E-state index >= 15 is 0 Å². The molecule has 0 aromatic heterocycles. The predicted octanol–water partition coefficient (Wildman–Crippen LogP) is 6.30. The molecule has 0 radical (unpaired) electrons. The highest BCUT2D eigenvalue weighted by atomic mass is 31.2. The van der Waals surface area contributed by atoms with Crippen LogP contribution in [0.1, 0.15) is 30.9 Å². The second-order valence-corrected chi connectivity index (χ2v) is 11.3. The van der Waals surface area contributed by atoms with Crippen molar-refractivity contribution in [3.8, 4) is 0 Å². The van der Waals surface area contributed by atoms with E-state index in [0.29, 0.717) is 5.92 Å². The number of hydrogen-bond acceptors (Lipinski definition) is 0. The highest BCUT2D eigenvalue weighted by molar-refractivity contribution is 7.95. The first kappa shape index (κ1) is 19.6. The van der Waals surface area contributed by atoms with Gasteiger partial charge >= 0.3 is 0 Å². The monoisotopic (exact) mass is 395 g/mol. The summed E-state index contributed by atoms with van der Waals surface area (Å²) in [6, 6.07) is 42.4. The average molecular weight is 396 g/mol. The lowest BCUT2D eigenvalue weighted by Crippen LogP contribution is -2.32. The van der Waals surface area contributed by atoms with Crippen LogP contribution in [0.25, 0.3) is 0 Å². The quantitative estimate of drug-likeness (QED) is 0.336. The van der Waals surface area contributed by atoms with Crippen molar-refractivity contribution in [2.75, 3.05) is 0 Å². The van der Waals surface area contributed by atoms with Crippen LogP contribution < -0.4 is 15.9 Å². The zero-order valence-electron chi connectivity index (χ0n) is 17.2. The van der Waals surface area contributed by atoms with Gasteiger partial charge in [0.25, 0.3) is 0 Å². The third-order valence-electron chi connectivity index (χ3n) is 5.68. The predicted molar refractivity (Wildman–Crippen MR) is 129 cm³/mol. The Morgan fingerprint density at radius 2 is 0.897 bits per heavy atom.